The second-order valence-corrected chi connectivity index (χ2v) is 3.71. The molecule has 1 heterocycles. The molecule has 0 radical (unpaired) electrons. The van der Waals surface area contributed by atoms with Gasteiger partial charge in [0.25, 0.3) is 0 Å². The van der Waals surface area contributed by atoms with Gasteiger partial charge in [-0.25, -0.2) is 0 Å². The summed E-state index contributed by atoms with van der Waals surface area (Å²) < 4.78 is 2.60. The van der Waals surface area contributed by atoms with Gasteiger partial charge in [0.15, 0.2) is 0 Å². The van der Waals surface area contributed by atoms with E-state index in [1.54, 1.807) is 10.9 Å². The predicted octanol–water partition coefficient (Wildman–Crippen LogP) is 1.05. The van der Waals surface area contributed by atoms with Gasteiger partial charge < -0.3 is 10.8 Å². The number of nitrogens with zero attached hydrogens (tertiary/aromatic N) is 2. The highest BCUT2D eigenvalue weighted by Crippen LogP contribution is 2.22. The van der Waals surface area contributed by atoms with Crippen molar-refractivity contribution in [1.29, 1.82) is 0 Å². The van der Waals surface area contributed by atoms with Crippen LogP contribution < -0.4 is 5.73 Å². The standard InChI is InChI=1S/C8H14BrN3O/c1-2-3-12-8(7(13)4-10)6(9)5-11-12/h5,7,13H,2-4,10H2,1H3. The maximum Gasteiger partial charge on any atom is 0.109 e. The van der Waals surface area contributed by atoms with E-state index < -0.39 is 6.10 Å². The molecule has 74 valence electrons. The molecule has 0 aromatic carbocycles. The molecule has 1 rings (SSSR count). The van der Waals surface area contributed by atoms with E-state index in [4.69, 9.17) is 5.73 Å². The third kappa shape index (κ3) is 2.30. The molecule has 1 atom stereocenters. The van der Waals surface area contributed by atoms with Crippen LogP contribution in [0.25, 0.3) is 0 Å². The van der Waals surface area contributed by atoms with Gasteiger partial charge >= 0.3 is 0 Å². The van der Waals surface area contributed by atoms with Gasteiger partial charge in [-0.3, -0.25) is 4.68 Å². The van der Waals surface area contributed by atoms with Gasteiger partial charge in [-0.1, -0.05) is 6.92 Å². The number of aryl methyl sites for hydroxylation is 1. The van der Waals surface area contributed by atoms with E-state index in [1.165, 1.54) is 0 Å². The molecule has 1 aromatic heterocycles. The number of hydrogen-bond donors (Lipinski definition) is 2. The van der Waals surface area contributed by atoms with E-state index in [2.05, 4.69) is 28.0 Å². The molecular weight excluding hydrogens is 234 g/mol. The predicted molar refractivity (Wildman–Crippen MR) is 54.2 cm³/mol. The molecular formula is C8H14BrN3O. The Morgan fingerprint density at radius 2 is 2.46 bits per heavy atom. The SMILES string of the molecule is CCCn1ncc(Br)c1C(O)CN. The second-order valence-electron chi connectivity index (χ2n) is 2.85. The molecule has 4 nitrogen and oxygen atoms in total. The first-order chi connectivity index (χ1) is 6.20. The maximum absolute atomic E-state index is 9.59. The van der Waals surface area contributed by atoms with Crippen molar-refractivity contribution in [1.82, 2.24) is 9.78 Å². The molecule has 0 bridgehead atoms. The summed E-state index contributed by atoms with van der Waals surface area (Å²) in [5, 5.41) is 13.7. The van der Waals surface area contributed by atoms with E-state index in [1.807, 2.05) is 0 Å². The van der Waals surface area contributed by atoms with Crippen LogP contribution in [0.4, 0.5) is 0 Å². The van der Waals surface area contributed by atoms with Gasteiger partial charge in [-0.15, -0.1) is 0 Å². The van der Waals surface area contributed by atoms with Crippen molar-refractivity contribution in [3.63, 3.8) is 0 Å². The molecule has 0 saturated heterocycles. The molecule has 0 aliphatic carbocycles. The molecule has 1 aromatic rings. The number of nitrogens with two attached hydrogens (primary N) is 1. The van der Waals surface area contributed by atoms with Crippen molar-refractivity contribution < 1.29 is 5.11 Å². The van der Waals surface area contributed by atoms with Crippen LogP contribution >= 0.6 is 15.9 Å². The molecule has 3 N–H and O–H groups in total. The minimum atomic E-state index is -0.636. The van der Waals surface area contributed by atoms with Crippen molar-refractivity contribution in [3.8, 4) is 0 Å². The zero-order valence-corrected chi connectivity index (χ0v) is 9.16. The molecule has 0 aliphatic heterocycles. The average molecular weight is 248 g/mol. The summed E-state index contributed by atoms with van der Waals surface area (Å²) in [5.41, 5.74) is 6.15. The molecule has 0 fully saturated rings. The number of halogens is 1. The van der Waals surface area contributed by atoms with Crippen molar-refractivity contribution >= 4 is 15.9 Å². The van der Waals surface area contributed by atoms with Gasteiger partial charge in [0, 0.05) is 13.1 Å². The maximum atomic E-state index is 9.59. The van der Waals surface area contributed by atoms with Gasteiger partial charge in [0.2, 0.25) is 0 Å². The van der Waals surface area contributed by atoms with Crippen LogP contribution in [-0.4, -0.2) is 21.4 Å². The summed E-state index contributed by atoms with van der Waals surface area (Å²) >= 11 is 3.33. The third-order valence-corrected chi connectivity index (χ3v) is 2.42. The lowest BCUT2D eigenvalue weighted by molar-refractivity contribution is 0.174. The molecule has 0 amide bonds. The first-order valence-electron chi connectivity index (χ1n) is 4.30. The Hall–Kier alpha value is -0.390. The van der Waals surface area contributed by atoms with Gasteiger partial charge in [0.05, 0.1) is 16.4 Å². The number of hydrogen-bond acceptors (Lipinski definition) is 3. The molecule has 0 saturated carbocycles. The fourth-order valence-electron chi connectivity index (χ4n) is 1.20. The minimum absolute atomic E-state index is 0.216. The highest BCUT2D eigenvalue weighted by Gasteiger charge is 2.15. The van der Waals surface area contributed by atoms with E-state index >= 15 is 0 Å². The van der Waals surface area contributed by atoms with E-state index in [0.29, 0.717) is 0 Å². The lowest BCUT2D eigenvalue weighted by atomic mass is 10.2. The van der Waals surface area contributed by atoms with Crippen LogP contribution in [0.2, 0.25) is 0 Å². The van der Waals surface area contributed by atoms with Crippen molar-refractivity contribution in [2.75, 3.05) is 6.54 Å². The Morgan fingerprint density at radius 3 is 3.00 bits per heavy atom. The van der Waals surface area contributed by atoms with Crippen LogP contribution in [0.5, 0.6) is 0 Å². The summed E-state index contributed by atoms with van der Waals surface area (Å²) in [6.07, 6.45) is 2.03. The van der Waals surface area contributed by atoms with Crippen LogP contribution in [-0.2, 0) is 6.54 Å². The van der Waals surface area contributed by atoms with Crippen LogP contribution in [0.15, 0.2) is 10.7 Å². The summed E-state index contributed by atoms with van der Waals surface area (Å²) in [6, 6.07) is 0. The number of aromatic nitrogens is 2. The molecule has 1 unspecified atom stereocenters. The average Bonchev–Trinajstić information content (AvgIpc) is 2.47. The fraction of sp³-hybridized carbons (Fsp3) is 0.625. The molecule has 0 spiro atoms. The van der Waals surface area contributed by atoms with Crippen LogP contribution in [0.1, 0.15) is 25.1 Å². The van der Waals surface area contributed by atoms with Gasteiger partial charge in [-0.05, 0) is 22.4 Å². The van der Waals surface area contributed by atoms with E-state index in [0.717, 1.165) is 23.1 Å². The lowest BCUT2D eigenvalue weighted by Crippen LogP contribution is -2.17. The highest BCUT2D eigenvalue weighted by molar-refractivity contribution is 9.10. The first kappa shape index (κ1) is 10.7. The molecule has 0 aliphatic rings. The van der Waals surface area contributed by atoms with Gasteiger partial charge in [0.1, 0.15) is 6.10 Å². The second kappa shape index (κ2) is 4.74. The van der Waals surface area contributed by atoms with Crippen LogP contribution in [0, 0.1) is 0 Å². The molecule has 5 heteroatoms. The van der Waals surface area contributed by atoms with Crippen molar-refractivity contribution in [2.45, 2.75) is 26.0 Å². The first-order valence-corrected chi connectivity index (χ1v) is 5.09. The number of rotatable bonds is 4. The minimum Gasteiger partial charge on any atom is -0.385 e. The Labute approximate surface area is 85.9 Å². The normalized spacial score (nSPS) is 13.2. The summed E-state index contributed by atoms with van der Waals surface area (Å²) in [5.74, 6) is 0. The Bertz CT molecular complexity index is 274. The Morgan fingerprint density at radius 1 is 1.77 bits per heavy atom. The van der Waals surface area contributed by atoms with Crippen molar-refractivity contribution in [2.24, 2.45) is 5.73 Å². The zero-order valence-electron chi connectivity index (χ0n) is 7.57. The monoisotopic (exact) mass is 247 g/mol. The smallest absolute Gasteiger partial charge is 0.109 e. The van der Waals surface area contributed by atoms with Crippen LogP contribution in [0.3, 0.4) is 0 Å². The number of aliphatic hydroxyl groups excluding tert-OH is 1. The van der Waals surface area contributed by atoms with Gasteiger partial charge in [-0.2, -0.15) is 5.10 Å². The largest absolute Gasteiger partial charge is 0.385 e. The quantitative estimate of drug-likeness (QED) is 0.837. The van der Waals surface area contributed by atoms with E-state index in [-0.39, 0.29) is 6.54 Å². The third-order valence-electron chi connectivity index (χ3n) is 1.81. The van der Waals surface area contributed by atoms with E-state index in [9.17, 15) is 5.11 Å². The summed E-state index contributed by atoms with van der Waals surface area (Å²) in [6.45, 7) is 3.08. The summed E-state index contributed by atoms with van der Waals surface area (Å²) in [7, 11) is 0. The topological polar surface area (TPSA) is 64.1 Å². The Balaban J connectivity index is 2.93. The highest BCUT2D eigenvalue weighted by atomic mass is 79.9. The van der Waals surface area contributed by atoms with Crippen molar-refractivity contribution in [3.05, 3.63) is 16.4 Å². The fourth-order valence-corrected chi connectivity index (χ4v) is 1.77. The lowest BCUT2D eigenvalue weighted by Gasteiger charge is -2.11. The number of aliphatic hydroxyl groups is 1. The molecule has 13 heavy (non-hydrogen) atoms. The Kier molecular flexibility index (Phi) is 3.90. The summed E-state index contributed by atoms with van der Waals surface area (Å²) in [4.78, 5) is 0. The zero-order chi connectivity index (χ0) is 9.84.